The zero-order valence-electron chi connectivity index (χ0n) is 17.4. The number of benzene rings is 2. The first-order chi connectivity index (χ1) is 15.0. The Bertz CT molecular complexity index is 951. The van der Waals surface area contributed by atoms with Crippen molar-refractivity contribution < 1.29 is 24.2 Å². The van der Waals surface area contributed by atoms with E-state index in [4.69, 9.17) is 14.6 Å². The summed E-state index contributed by atoms with van der Waals surface area (Å²) in [6.45, 7) is 0.672. The van der Waals surface area contributed by atoms with Crippen LogP contribution in [-0.4, -0.2) is 42.0 Å². The maximum atomic E-state index is 12.4. The number of ether oxygens (including phenoxy) is 2. The molecule has 6 nitrogen and oxygen atoms in total. The van der Waals surface area contributed by atoms with Crippen molar-refractivity contribution in [2.45, 2.75) is 49.7 Å². The van der Waals surface area contributed by atoms with Gasteiger partial charge >= 0.3 is 12.1 Å². The summed E-state index contributed by atoms with van der Waals surface area (Å²) in [6.07, 6.45) is 3.37. The van der Waals surface area contributed by atoms with Crippen LogP contribution in [0.15, 0.2) is 48.5 Å². The fourth-order valence-corrected chi connectivity index (χ4v) is 5.43. The van der Waals surface area contributed by atoms with Crippen LogP contribution < -0.4 is 5.32 Å². The van der Waals surface area contributed by atoms with Gasteiger partial charge in [-0.1, -0.05) is 48.5 Å². The topological polar surface area (TPSA) is 84.9 Å². The van der Waals surface area contributed by atoms with Gasteiger partial charge in [0.15, 0.2) is 0 Å². The second-order valence-electron chi connectivity index (χ2n) is 8.96. The minimum Gasteiger partial charge on any atom is -0.481 e. The van der Waals surface area contributed by atoms with Crippen molar-refractivity contribution in [1.82, 2.24) is 5.32 Å². The van der Waals surface area contributed by atoms with Crippen LogP contribution >= 0.6 is 0 Å². The van der Waals surface area contributed by atoms with Crippen LogP contribution in [0.2, 0.25) is 0 Å². The molecular weight excluding hydrogens is 394 g/mol. The number of carboxylic acid groups (broad SMARTS) is 1. The van der Waals surface area contributed by atoms with E-state index < -0.39 is 12.1 Å². The van der Waals surface area contributed by atoms with E-state index in [1.807, 2.05) is 24.3 Å². The minimum absolute atomic E-state index is 0.0373. The van der Waals surface area contributed by atoms with Crippen molar-refractivity contribution in [3.63, 3.8) is 0 Å². The van der Waals surface area contributed by atoms with Crippen LogP contribution in [0.25, 0.3) is 11.1 Å². The Balaban J connectivity index is 1.14. The van der Waals surface area contributed by atoms with Gasteiger partial charge in [0.05, 0.1) is 17.6 Å². The van der Waals surface area contributed by atoms with E-state index in [1.54, 1.807) is 0 Å². The number of carbonyl (C=O) groups is 2. The van der Waals surface area contributed by atoms with E-state index in [0.717, 1.165) is 19.3 Å². The lowest BCUT2D eigenvalue weighted by molar-refractivity contribution is -0.198. The molecule has 1 amide bonds. The largest absolute Gasteiger partial charge is 0.481 e. The molecule has 2 fully saturated rings. The van der Waals surface area contributed by atoms with Crippen LogP contribution in [0.3, 0.4) is 0 Å². The van der Waals surface area contributed by atoms with Crippen molar-refractivity contribution in [2.75, 3.05) is 13.2 Å². The molecule has 1 spiro atoms. The quantitative estimate of drug-likeness (QED) is 0.751. The molecule has 2 aromatic rings. The highest BCUT2D eigenvalue weighted by atomic mass is 16.6. The Kier molecular flexibility index (Phi) is 5.18. The van der Waals surface area contributed by atoms with E-state index in [1.165, 1.54) is 22.3 Å². The van der Waals surface area contributed by atoms with Crippen molar-refractivity contribution in [3.05, 3.63) is 59.7 Å². The van der Waals surface area contributed by atoms with Crippen LogP contribution in [0.5, 0.6) is 0 Å². The fourth-order valence-electron chi connectivity index (χ4n) is 5.43. The van der Waals surface area contributed by atoms with Gasteiger partial charge in [-0.3, -0.25) is 4.79 Å². The number of rotatable bonds is 5. The average Bonchev–Trinajstić information content (AvgIpc) is 3.08. The van der Waals surface area contributed by atoms with E-state index in [2.05, 4.69) is 29.6 Å². The number of alkyl carbamates (subject to hydrolysis) is 1. The molecule has 2 aromatic carbocycles. The minimum atomic E-state index is -0.742. The highest BCUT2D eigenvalue weighted by Gasteiger charge is 2.50. The molecule has 1 saturated carbocycles. The molecule has 6 heteroatoms. The van der Waals surface area contributed by atoms with E-state index >= 15 is 0 Å². The maximum Gasteiger partial charge on any atom is 0.407 e. The van der Waals surface area contributed by atoms with Crippen LogP contribution in [0.1, 0.15) is 49.1 Å². The Morgan fingerprint density at radius 2 is 1.71 bits per heavy atom. The van der Waals surface area contributed by atoms with Crippen molar-refractivity contribution >= 4 is 12.1 Å². The van der Waals surface area contributed by atoms with E-state index in [0.29, 0.717) is 19.4 Å². The number of carboxylic acids is 1. The van der Waals surface area contributed by atoms with Gasteiger partial charge < -0.3 is 19.9 Å². The SMILES string of the molecule is O=C(NCC1CCCC2(CC(C(=O)O)C2)O1)OCC1c2ccccc2-c2ccccc21. The third-order valence-corrected chi connectivity index (χ3v) is 6.98. The van der Waals surface area contributed by atoms with Crippen molar-refractivity contribution in [1.29, 1.82) is 0 Å². The molecule has 1 aliphatic heterocycles. The summed E-state index contributed by atoms with van der Waals surface area (Å²) in [5.41, 5.74) is 4.47. The zero-order chi connectivity index (χ0) is 21.4. The average molecular weight is 421 g/mol. The molecule has 162 valence electrons. The molecule has 1 heterocycles. The molecular formula is C25H27NO5. The molecule has 31 heavy (non-hydrogen) atoms. The van der Waals surface area contributed by atoms with Crippen LogP contribution in [0.4, 0.5) is 4.79 Å². The first-order valence-electron chi connectivity index (χ1n) is 11.0. The van der Waals surface area contributed by atoms with Gasteiger partial charge in [-0.25, -0.2) is 4.79 Å². The number of nitrogens with one attached hydrogen (secondary N) is 1. The van der Waals surface area contributed by atoms with Gasteiger partial charge in [-0.2, -0.15) is 0 Å². The number of hydrogen-bond acceptors (Lipinski definition) is 4. The lowest BCUT2D eigenvalue weighted by Gasteiger charge is -2.50. The molecule has 0 aromatic heterocycles. The van der Waals surface area contributed by atoms with Gasteiger partial charge in [0, 0.05) is 12.5 Å². The van der Waals surface area contributed by atoms with Gasteiger partial charge in [-0.05, 0) is 54.4 Å². The van der Waals surface area contributed by atoms with Gasteiger partial charge in [0.1, 0.15) is 6.61 Å². The summed E-state index contributed by atoms with van der Waals surface area (Å²) in [6, 6.07) is 16.5. The summed E-state index contributed by atoms with van der Waals surface area (Å²) in [4.78, 5) is 23.5. The van der Waals surface area contributed by atoms with E-state index in [-0.39, 0.29) is 30.1 Å². The Labute approximate surface area is 181 Å². The predicted molar refractivity (Wildman–Crippen MR) is 115 cm³/mol. The zero-order valence-corrected chi connectivity index (χ0v) is 17.4. The smallest absolute Gasteiger partial charge is 0.407 e. The molecule has 0 radical (unpaired) electrons. The predicted octanol–water partition coefficient (Wildman–Crippen LogP) is 4.33. The standard InChI is InChI=1S/C25H27NO5/c27-23(28)16-12-25(13-16)11-5-6-17(31-25)14-26-24(29)30-15-22-20-9-3-1-7-18(20)19-8-2-4-10-21(19)22/h1-4,7-10,16-17,22H,5-6,11-15H2,(H,26,29)(H,27,28). The maximum absolute atomic E-state index is 12.4. The third-order valence-electron chi connectivity index (χ3n) is 6.98. The van der Waals surface area contributed by atoms with Crippen molar-refractivity contribution in [3.8, 4) is 11.1 Å². The number of hydrogen-bond donors (Lipinski definition) is 2. The normalized spacial score (nSPS) is 26.6. The summed E-state index contributed by atoms with van der Waals surface area (Å²) in [5, 5.41) is 12.0. The van der Waals surface area contributed by atoms with Gasteiger partial charge in [0.2, 0.25) is 0 Å². The van der Waals surface area contributed by atoms with E-state index in [9.17, 15) is 9.59 Å². The molecule has 1 atom stereocenters. The molecule has 2 aliphatic carbocycles. The Hall–Kier alpha value is -2.86. The summed E-state index contributed by atoms with van der Waals surface area (Å²) < 4.78 is 11.8. The first kappa shape index (κ1) is 20.1. The highest BCUT2D eigenvalue weighted by molar-refractivity contribution is 5.79. The Morgan fingerprint density at radius 1 is 1.06 bits per heavy atom. The summed E-state index contributed by atoms with van der Waals surface area (Å²) in [7, 11) is 0. The fraction of sp³-hybridized carbons (Fsp3) is 0.440. The number of fused-ring (bicyclic) bond motifs is 3. The summed E-state index contributed by atoms with van der Waals surface area (Å²) >= 11 is 0. The highest BCUT2D eigenvalue weighted by Crippen LogP contribution is 2.48. The number of carbonyl (C=O) groups excluding carboxylic acids is 1. The first-order valence-corrected chi connectivity index (χ1v) is 11.0. The molecule has 3 aliphatic rings. The lowest BCUT2D eigenvalue weighted by Crippen LogP contribution is -2.54. The molecule has 1 unspecified atom stereocenters. The second kappa shape index (κ2) is 8.00. The number of aliphatic carboxylic acids is 1. The van der Waals surface area contributed by atoms with Crippen molar-refractivity contribution in [2.24, 2.45) is 5.92 Å². The lowest BCUT2D eigenvalue weighted by atomic mass is 9.67. The molecule has 5 rings (SSSR count). The van der Waals surface area contributed by atoms with Crippen LogP contribution in [0, 0.1) is 5.92 Å². The second-order valence-corrected chi connectivity index (χ2v) is 8.96. The Morgan fingerprint density at radius 3 is 2.35 bits per heavy atom. The monoisotopic (exact) mass is 421 g/mol. The van der Waals surface area contributed by atoms with Gasteiger partial charge in [-0.15, -0.1) is 0 Å². The molecule has 1 saturated heterocycles. The number of amides is 1. The molecule has 0 bridgehead atoms. The molecule has 2 N–H and O–H groups in total. The van der Waals surface area contributed by atoms with Gasteiger partial charge in [0.25, 0.3) is 0 Å². The summed E-state index contributed by atoms with van der Waals surface area (Å²) in [5.74, 6) is -1.00. The van der Waals surface area contributed by atoms with Crippen LogP contribution in [-0.2, 0) is 14.3 Å². The third kappa shape index (κ3) is 3.81.